The molecule has 1 aliphatic heterocycles. The van der Waals surface area contributed by atoms with Gasteiger partial charge in [0.1, 0.15) is 11.2 Å². The molecule has 4 heterocycles. The number of sulfonamides is 1. The van der Waals surface area contributed by atoms with E-state index in [1.54, 1.807) is 31.3 Å². The van der Waals surface area contributed by atoms with E-state index >= 15 is 4.39 Å². The van der Waals surface area contributed by atoms with Crippen molar-refractivity contribution < 1.29 is 27.1 Å². The average molecular weight is 560 g/mol. The molecule has 13 heteroatoms. The lowest BCUT2D eigenvalue weighted by Crippen LogP contribution is -2.16. The summed E-state index contributed by atoms with van der Waals surface area (Å²) in [4.78, 5) is 14.1. The zero-order valence-electron chi connectivity index (χ0n) is 20.4. The second kappa shape index (κ2) is 11.2. The second-order valence-electron chi connectivity index (χ2n) is 8.84. The first kappa shape index (κ1) is 26.2. The van der Waals surface area contributed by atoms with Gasteiger partial charge in [0.25, 0.3) is 10.0 Å². The lowest BCUT2D eigenvalue weighted by Gasteiger charge is -2.19. The Hall–Kier alpha value is -3.39. The van der Waals surface area contributed by atoms with Crippen LogP contribution < -0.4 is 10.0 Å². The molecule has 1 fully saturated rings. The Morgan fingerprint density at radius 2 is 2.03 bits per heavy atom. The van der Waals surface area contributed by atoms with Crippen LogP contribution in [0.3, 0.4) is 0 Å². The van der Waals surface area contributed by atoms with Crippen molar-refractivity contribution in [3.05, 3.63) is 59.9 Å². The number of halogens is 1. The minimum atomic E-state index is -4.05. The predicted octanol–water partition coefficient (Wildman–Crippen LogP) is 4.49. The maximum atomic E-state index is 15.9. The number of aliphatic hydroxyl groups excluding tert-OH is 1. The number of ether oxygens (including phenoxy) is 1. The van der Waals surface area contributed by atoms with Gasteiger partial charge in [0.15, 0.2) is 5.82 Å². The molecule has 0 saturated carbocycles. The van der Waals surface area contributed by atoms with Crippen LogP contribution in [0.4, 0.5) is 16.0 Å². The number of thiazole rings is 1. The van der Waals surface area contributed by atoms with Gasteiger partial charge in [-0.2, -0.15) is 0 Å². The van der Waals surface area contributed by atoms with Crippen LogP contribution in [0.15, 0.2) is 58.4 Å². The molecule has 200 valence electrons. The molecule has 4 aromatic rings. The number of aromatic nitrogens is 3. The predicted molar refractivity (Wildman–Crippen MR) is 141 cm³/mol. The summed E-state index contributed by atoms with van der Waals surface area (Å²) in [6.45, 7) is 3.15. The van der Waals surface area contributed by atoms with E-state index in [0.717, 1.165) is 24.1 Å². The SMILES string of the molecule is C[C@@H](O)CNc1nccc(-c2sc(C3CCOCC3)nc2-c2cccc(NS(=O)(=O)c3ccoc3)c2F)n1. The number of aliphatic hydroxyl groups is 1. The molecule has 0 spiro atoms. The first-order chi connectivity index (χ1) is 18.3. The molecule has 10 nitrogen and oxygen atoms in total. The summed E-state index contributed by atoms with van der Waals surface area (Å²) in [5.74, 6) is -0.287. The van der Waals surface area contributed by atoms with Gasteiger partial charge in [-0.05, 0) is 44.0 Å². The third kappa shape index (κ3) is 5.70. The molecule has 1 aliphatic rings. The lowest BCUT2D eigenvalue weighted by atomic mass is 10.0. The number of hydrogen-bond acceptors (Lipinski definition) is 10. The lowest BCUT2D eigenvalue weighted by molar-refractivity contribution is 0.0853. The molecule has 38 heavy (non-hydrogen) atoms. The highest BCUT2D eigenvalue weighted by molar-refractivity contribution is 7.92. The minimum absolute atomic E-state index is 0.114. The minimum Gasteiger partial charge on any atom is -0.471 e. The van der Waals surface area contributed by atoms with Gasteiger partial charge in [0.2, 0.25) is 5.95 Å². The van der Waals surface area contributed by atoms with E-state index in [0.29, 0.717) is 35.4 Å². The smallest absolute Gasteiger partial charge is 0.265 e. The number of nitrogens with zero attached hydrogens (tertiary/aromatic N) is 3. The van der Waals surface area contributed by atoms with Crippen LogP contribution >= 0.6 is 11.3 Å². The van der Waals surface area contributed by atoms with E-state index in [1.807, 2.05) is 0 Å². The highest BCUT2D eigenvalue weighted by Crippen LogP contribution is 2.42. The Labute approximate surface area is 223 Å². The van der Waals surface area contributed by atoms with Gasteiger partial charge in [-0.15, -0.1) is 11.3 Å². The number of benzene rings is 1. The maximum absolute atomic E-state index is 15.9. The monoisotopic (exact) mass is 559 g/mol. The van der Waals surface area contributed by atoms with E-state index in [2.05, 4.69) is 20.0 Å². The van der Waals surface area contributed by atoms with Crippen LogP contribution in [-0.4, -0.2) is 54.3 Å². The maximum Gasteiger partial charge on any atom is 0.265 e. The summed E-state index contributed by atoms with van der Waals surface area (Å²) in [7, 11) is -4.05. The quantitative estimate of drug-likeness (QED) is 0.271. The zero-order chi connectivity index (χ0) is 26.7. The normalized spacial score (nSPS) is 15.3. The Bertz CT molecular complexity index is 1500. The van der Waals surface area contributed by atoms with Crippen LogP contribution in [0, 0.1) is 5.82 Å². The zero-order valence-corrected chi connectivity index (χ0v) is 22.1. The number of furan rings is 1. The van der Waals surface area contributed by atoms with Crippen LogP contribution in [-0.2, 0) is 14.8 Å². The summed E-state index contributed by atoms with van der Waals surface area (Å²) in [6, 6.07) is 7.47. The van der Waals surface area contributed by atoms with Crippen LogP contribution in [0.25, 0.3) is 21.8 Å². The molecule has 1 saturated heterocycles. The summed E-state index contributed by atoms with van der Waals surface area (Å²) >= 11 is 1.42. The van der Waals surface area contributed by atoms with Crippen molar-refractivity contribution in [2.75, 3.05) is 29.8 Å². The van der Waals surface area contributed by atoms with Gasteiger partial charge in [-0.25, -0.2) is 27.8 Å². The summed E-state index contributed by atoms with van der Waals surface area (Å²) in [6.07, 6.45) is 4.88. The standard InChI is InChI=1S/C25H26FN5O5S2/c1-15(32)13-28-25-27-9-5-20(29-25)23-22(30-24(37-23)16-6-10-35-11-7-16)18-3-2-4-19(21(18)26)31-38(33,34)17-8-12-36-14-17/h2-5,8-9,12,14-16,31-32H,6-7,10-11,13H2,1H3,(H,27,28,29)/t15-/m1/s1. The second-order valence-corrected chi connectivity index (χ2v) is 11.6. The van der Waals surface area contributed by atoms with Gasteiger partial charge < -0.3 is 19.6 Å². The topological polar surface area (TPSA) is 139 Å². The van der Waals surface area contributed by atoms with Crippen molar-refractivity contribution in [1.82, 2.24) is 15.0 Å². The van der Waals surface area contributed by atoms with Crippen molar-refractivity contribution in [2.45, 2.75) is 36.7 Å². The summed E-state index contributed by atoms with van der Waals surface area (Å²) < 4.78 is 54.0. The highest BCUT2D eigenvalue weighted by atomic mass is 32.2. The van der Waals surface area contributed by atoms with Crippen molar-refractivity contribution in [3.8, 4) is 21.8 Å². The molecule has 3 N–H and O–H groups in total. The van der Waals surface area contributed by atoms with Crippen molar-refractivity contribution >= 4 is 33.0 Å². The van der Waals surface area contributed by atoms with Crippen LogP contribution in [0.2, 0.25) is 0 Å². The third-order valence-electron chi connectivity index (χ3n) is 5.96. The number of nitrogens with one attached hydrogen (secondary N) is 2. The third-order valence-corrected chi connectivity index (χ3v) is 8.54. The van der Waals surface area contributed by atoms with Gasteiger partial charge in [-0.3, -0.25) is 4.72 Å². The van der Waals surface area contributed by atoms with E-state index in [-0.39, 0.29) is 28.6 Å². The number of hydrogen-bond donors (Lipinski definition) is 3. The summed E-state index contributed by atoms with van der Waals surface area (Å²) in [5, 5.41) is 13.4. The summed E-state index contributed by atoms with van der Waals surface area (Å²) in [5.41, 5.74) is 0.817. The Morgan fingerprint density at radius 3 is 2.76 bits per heavy atom. The van der Waals surface area contributed by atoms with E-state index < -0.39 is 21.9 Å². The molecule has 1 atom stereocenters. The van der Waals surface area contributed by atoms with E-state index in [9.17, 15) is 13.5 Å². The molecule has 1 aromatic carbocycles. The van der Waals surface area contributed by atoms with Gasteiger partial charge in [0.05, 0.1) is 39.3 Å². The van der Waals surface area contributed by atoms with Gasteiger partial charge in [0, 0.05) is 37.4 Å². The highest BCUT2D eigenvalue weighted by Gasteiger charge is 2.27. The first-order valence-electron chi connectivity index (χ1n) is 12.0. The molecule has 3 aromatic heterocycles. The van der Waals surface area contributed by atoms with Gasteiger partial charge in [-0.1, -0.05) is 6.07 Å². The Kier molecular flexibility index (Phi) is 7.70. The molecular weight excluding hydrogens is 533 g/mol. The van der Waals surface area contributed by atoms with Crippen LogP contribution in [0.5, 0.6) is 0 Å². The van der Waals surface area contributed by atoms with Crippen molar-refractivity contribution in [2.24, 2.45) is 0 Å². The van der Waals surface area contributed by atoms with Gasteiger partial charge >= 0.3 is 0 Å². The Morgan fingerprint density at radius 1 is 1.21 bits per heavy atom. The van der Waals surface area contributed by atoms with Crippen LogP contribution in [0.1, 0.15) is 30.7 Å². The van der Waals surface area contributed by atoms with E-state index in [1.165, 1.54) is 29.7 Å². The number of anilines is 2. The molecule has 0 bridgehead atoms. The fourth-order valence-electron chi connectivity index (χ4n) is 4.02. The molecule has 0 amide bonds. The number of rotatable bonds is 9. The molecule has 0 aliphatic carbocycles. The average Bonchev–Trinajstić information content (AvgIpc) is 3.61. The van der Waals surface area contributed by atoms with Crippen molar-refractivity contribution in [3.63, 3.8) is 0 Å². The largest absolute Gasteiger partial charge is 0.471 e. The molecular formula is C25H26FN5O5S2. The first-order valence-corrected chi connectivity index (χ1v) is 14.3. The van der Waals surface area contributed by atoms with E-state index in [4.69, 9.17) is 14.1 Å². The molecule has 0 unspecified atom stereocenters. The molecule has 5 rings (SSSR count). The fraction of sp³-hybridized carbons (Fsp3) is 0.320. The molecule has 0 radical (unpaired) electrons. The Balaban J connectivity index is 1.57. The van der Waals surface area contributed by atoms with Crippen molar-refractivity contribution in [1.29, 1.82) is 0 Å². The fourth-order valence-corrected chi connectivity index (χ4v) is 6.22.